The van der Waals surface area contributed by atoms with E-state index in [0.29, 0.717) is 11.5 Å². The Morgan fingerprint density at radius 3 is 2.37 bits per heavy atom. The Morgan fingerprint density at radius 2 is 1.80 bits per heavy atom. The zero-order valence-electron chi connectivity index (χ0n) is 19.8. The van der Waals surface area contributed by atoms with Crippen molar-refractivity contribution < 1.29 is 28.6 Å². The average Bonchev–Trinajstić information content (AvgIpc) is 3.13. The van der Waals surface area contributed by atoms with E-state index in [-0.39, 0.29) is 39.7 Å². The van der Waals surface area contributed by atoms with E-state index in [4.69, 9.17) is 10.6 Å². The first-order valence-corrected chi connectivity index (χ1v) is 11.5. The highest BCUT2D eigenvalue weighted by Crippen LogP contribution is 2.40. The Labute approximate surface area is 205 Å². The summed E-state index contributed by atoms with van der Waals surface area (Å²) in [6, 6.07) is 8.53. The summed E-state index contributed by atoms with van der Waals surface area (Å²) in [6.07, 6.45) is 0. The molecule has 0 fully saturated rings. The van der Waals surface area contributed by atoms with E-state index in [1.165, 1.54) is 19.9 Å². The van der Waals surface area contributed by atoms with Gasteiger partial charge in [-0.25, -0.2) is 13.8 Å². The van der Waals surface area contributed by atoms with E-state index in [1.54, 1.807) is 32.0 Å². The topological polar surface area (TPSA) is 130 Å². The fourth-order valence-corrected chi connectivity index (χ4v) is 4.17. The Hall–Kier alpha value is -2.96. The van der Waals surface area contributed by atoms with Crippen LogP contribution in [-0.4, -0.2) is 33.3 Å². The van der Waals surface area contributed by atoms with Crippen LogP contribution >= 0.6 is 11.3 Å². The van der Waals surface area contributed by atoms with Crippen LogP contribution in [0.3, 0.4) is 0 Å². The first-order valence-electron chi connectivity index (χ1n) is 10.7. The summed E-state index contributed by atoms with van der Waals surface area (Å²) in [7, 11) is 0. The largest absolute Gasteiger partial charge is 0.389 e. The molecule has 2 heterocycles. The number of aromatic nitrogens is 1. The standard InChI is InChI=1S/C24H28F2N4O4S/c1-23(2,32)12-28-34-11-14-6-5-7-19(29-14)30-22-15(21(27)31)10-18(35-22)20-16(25)8-13(9-17(20)26)24(3,4)33/h5-10,28,32-33H,11-12H2,1-4H3,(H2,27,31)(H,29,30). The molecule has 188 valence electrons. The van der Waals surface area contributed by atoms with Crippen LogP contribution in [0, 0.1) is 11.6 Å². The van der Waals surface area contributed by atoms with Gasteiger partial charge in [-0.1, -0.05) is 6.07 Å². The molecule has 0 radical (unpaired) electrons. The lowest BCUT2D eigenvalue weighted by Gasteiger charge is -2.18. The summed E-state index contributed by atoms with van der Waals surface area (Å²) in [4.78, 5) is 21.9. The zero-order chi connectivity index (χ0) is 26.0. The van der Waals surface area contributed by atoms with Gasteiger partial charge in [0, 0.05) is 11.4 Å². The molecule has 2 aromatic heterocycles. The minimum Gasteiger partial charge on any atom is -0.389 e. The molecule has 6 N–H and O–H groups in total. The first kappa shape index (κ1) is 26.6. The number of halogens is 2. The number of hydrogen-bond donors (Lipinski definition) is 5. The van der Waals surface area contributed by atoms with Gasteiger partial charge in [-0.3, -0.25) is 9.63 Å². The van der Waals surface area contributed by atoms with Crippen LogP contribution in [0.5, 0.6) is 0 Å². The number of rotatable bonds is 10. The van der Waals surface area contributed by atoms with Gasteiger partial charge < -0.3 is 21.3 Å². The van der Waals surface area contributed by atoms with E-state index >= 15 is 0 Å². The molecule has 0 unspecified atom stereocenters. The molecule has 0 bridgehead atoms. The monoisotopic (exact) mass is 506 g/mol. The van der Waals surface area contributed by atoms with Crippen LogP contribution in [-0.2, 0) is 17.0 Å². The maximum atomic E-state index is 14.8. The van der Waals surface area contributed by atoms with Crippen molar-refractivity contribution in [3.8, 4) is 10.4 Å². The summed E-state index contributed by atoms with van der Waals surface area (Å²) in [6.45, 7) is 6.45. The van der Waals surface area contributed by atoms with Crippen LogP contribution < -0.4 is 16.5 Å². The minimum absolute atomic E-state index is 0.0469. The summed E-state index contributed by atoms with van der Waals surface area (Å²) >= 11 is 0.942. The van der Waals surface area contributed by atoms with Gasteiger partial charge in [0.1, 0.15) is 29.1 Å². The number of pyridine rings is 1. The van der Waals surface area contributed by atoms with E-state index in [9.17, 15) is 23.8 Å². The summed E-state index contributed by atoms with van der Waals surface area (Å²) in [5, 5.41) is 23.0. The van der Waals surface area contributed by atoms with Crippen molar-refractivity contribution in [2.24, 2.45) is 5.73 Å². The quantitative estimate of drug-likeness (QED) is 0.208. The number of carbonyl (C=O) groups is 1. The fraction of sp³-hybridized carbons (Fsp3) is 0.333. The van der Waals surface area contributed by atoms with Crippen molar-refractivity contribution in [2.75, 3.05) is 11.9 Å². The number of amides is 1. The third-order valence-corrected chi connectivity index (χ3v) is 5.94. The molecule has 0 atom stereocenters. The smallest absolute Gasteiger partial charge is 0.251 e. The van der Waals surface area contributed by atoms with Gasteiger partial charge in [-0.15, -0.1) is 11.3 Å². The van der Waals surface area contributed by atoms with Crippen LogP contribution in [0.25, 0.3) is 10.4 Å². The third-order valence-electron chi connectivity index (χ3n) is 4.87. The minimum atomic E-state index is -1.43. The fourth-order valence-electron chi connectivity index (χ4n) is 3.05. The second-order valence-corrected chi connectivity index (χ2v) is 10.2. The highest BCUT2D eigenvalue weighted by Gasteiger charge is 2.24. The number of aliphatic hydroxyl groups is 2. The molecule has 3 rings (SSSR count). The Balaban J connectivity index is 1.85. The molecule has 11 heteroatoms. The van der Waals surface area contributed by atoms with Gasteiger partial charge in [0.2, 0.25) is 0 Å². The number of primary amides is 1. The molecule has 0 spiro atoms. The highest BCUT2D eigenvalue weighted by molar-refractivity contribution is 7.20. The van der Waals surface area contributed by atoms with Gasteiger partial charge in [0.25, 0.3) is 5.91 Å². The molecular weight excluding hydrogens is 478 g/mol. The van der Waals surface area contributed by atoms with E-state index in [1.807, 2.05) is 0 Å². The van der Waals surface area contributed by atoms with Gasteiger partial charge in [-0.2, -0.15) is 5.48 Å². The van der Waals surface area contributed by atoms with Crippen molar-refractivity contribution in [1.29, 1.82) is 0 Å². The maximum Gasteiger partial charge on any atom is 0.251 e. The highest BCUT2D eigenvalue weighted by atomic mass is 32.1. The molecule has 0 aliphatic heterocycles. The average molecular weight is 507 g/mol. The number of carbonyl (C=O) groups excluding carboxylic acids is 1. The van der Waals surface area contributed by atoms with Crippen molar-refractivity contribution in [2.45, 2.75) is 45.5 Å². The number of anilines is 2. The number of nitrogens with zero attached hydrogens (tertiary/aromatic N) is 1. The first-order chi connectivity index (χ1) is 16.2. The number of nitrogens with two attached hydrogens (primary N) is 1. The summed E-state index contributed by atoms with van der Waals surface area (Å²) < 4.78 is 29.7. The predicted molar refractivity (Wildman–Crippen MR) is 130 cm³/mol. The molecule has 0 aliphatic carbocycles. The number of hydroxylamine groups is 1. The second kappa shape index (κ2) is 10.3. The van der Waals surface area contributed by atoms with Crippen LogP contribution in [0.1, 0.15) is 49.3 Å². The summed E-state index contributed by atoms with van der Waals surface area (Å²) in [5.74, 6) is -2.16. The van der Waals surface area contributed by atoms with Gasteiger partial charge in [0.15, 0.2) is 0 Å². The number of benzene rings is 1. The van der Waals surface area contributed by atoms with E-state index in [0.717, 1.165) is 23.5 Å². The summed E-state index contributed by atoms with van der Waals surface area (Å²) in [5.41, 5.74) is 6.15. The lowest BCUT2D eigenvalue weighted by Crippen LogP contribution is -2.34. The molecule has 35 heavy (non-hydrogen) atoms. The van der Waals surface area contributed by atoms with Crippen molar-refractivity contribution in [1.82, 2.24) is 10.5 Å². The zero-order valence-corrected chi connectivity index (χ0v) is 20.6. The van der Waals surface area contributed by atoms with Crippen LogP contribution in [0.2, 0.25) is 0 Å². The van der Waals surface area contributed by atoms with Gasteiger partial charge in [-0.05, 0) is 63.6 Å². The van der Waals surface area contributed by atoms with Crippen molar-refractivity contribution in [3.05, 3.63) is 64.9 Å². The molecule has 1 amide bonds. The molecule has 3 aromatic rings. The van der Waals surface area contributed by atoms with E-state index in [2.05, 4.69) is 15.8 Å². The van der Waals surface area contributed by atoms with Crippen LogP contribution in [0.15, 0.2) is 36.4 Å². The third kappa shape index (κ3) is 7.03. The number of thiophene rings is 1. The molecule has 1 aromatic carbocycles. The predicted octanol–water partition coefficient (Wildman–Crippen LogP) is 3.95. The van der Waals surface area contributed by atoms with Crippen LogP contribution in [0.4, 0.5) is 19.6 Å². The van der Waals surface area contributed by atoms with Crippen molar-refractivity contribution >= 4 is 28.1 Å². The molecule has 0 saturated carbocycles. The molecule has 0 saturated heterocycles. The van der Waals surface area contributed by atoms with Gasteiger partial charge in [0.05, 0.1) is 28.0 Å². The van der Waals surface area contributed by atoms with Crippen molar-refractivity contribution in [3.63, 3.8) is 0 Å². The lowest BCUT2D eigenvalue weighted by atomic mass is 9.96. The lowest BCUT2D eigenvalue weighted by molar-refractivity contribution is -0.0242. The SMILES string of the molecule is CC(C)(O)CNOCc1cccc(Nc2sc(-c3c(F)cc(C(C)(C)O)cc3F)cc2C(N)=O)n1. The number of nitrogens with one attached hydrogen (secondary N) is 2. The number of hydrogen-bond acceptors (Lipinski definition) is 8. The Kier molecular flexibility index (Phi) is 7.87. The maximum absolute atomic E-state index is 14.8. The molecule has 8 nitrogen and oxygen atoms in total. The molecular formula is C24H28F2N4O4S. The Morgan fingerprint density at radius 1 is 1.14 bits per heavy atom. The molecule has 0 aliphatic rings. The van der Waals surface area contributed by atoms with E-state index < -0.39 is 28.7 Å². The Bertz CT molecular complexity index is 1200. The van der Waals surface area contributed by atoms with Gasteiger partial charge >= 0.3 is 0 Å². The second-order valence-electron chi connectivity index (χ2n) is 9.15. The normalized spacial score (nSPS) is 12.1.